The van der Waals surface area contributed by atoms with Crippen molar-refractivity contribution in [3.8, 4) is 0 Å². The maximum atomic E-state index is 12.5. The van der Waals surface area contributed by atoms with E-state index >= 15 is 0 Å². The van der Waals surface area contributed by atoms with Gasteiger partial charge in [-0.25, -0.2) is 0 Å². The molecule has 2 aliphatic rings. The third-order valence-corrected chi connectivity index (χ3v) is 5.97. The number of benzene rings is 1. The zero-order valence-electron chi connectivity index (χ0n) is 16.9. The Morgan fingerprint density at radius 2 is 2.07 bits per heavy atom. The van der Waals surface area contributed by atoms with Crippen LogP contribution in [0.3, 0.4) is 0 Å². The summed E-state index contributed by atoms with van der Waals surface area (Å²) in [6.45, 7) is 6.03. The fraction of sp³-hybridized carbons (Fsp3) is 0.545. The molecule has 0 saturated carbocycles. The van der Waals surface area contributed by atoms with E-state index in [4.69, 9.17) is 0 Å². The average Bonchev–Trinajstić information content (AvgIpc) is 3.42. The van der Waals surface area contributed by atoms with E-state index in [1.807, 2.05) is 16.9 Å². The molecule has 2 unspecified atom stereocenters. The fourth-order valence-corrected chi connectivity index (χ4v) is 4.26. The molecule has 2 aliphatic heterocycles. The molecule has 4 rings (SSSR count). The molecule has 2 aromatic rings. The number of aromatic nitrogens is 2. The van der Waals surface area contributed by atoms with E-state index in [0.717, 1.165) is 65.0 Å². The normalized spacial score (nSPS) is 22.2. The first kappa shape index (κ1) is 21.8. The Balaban J connectivity index is 0.00000240. The number of piperidine rings is 1. The molecule has 1 amide bonds. The summed E-state index contributed by atoms with van der Waals surface area (Å²) in [6, 6.07) is 12.8. The summed E-state index contributed by atoms with van der Waals surface area (Å²) in [5.41, 5.74) is 1.92. The minimum Gasteiger partial charge on any atom is -0.350 e. The van der Waals surface area contributed by atoms with E-state index in [9.17, 15) is 4.79 Å². The summed E-state index contributed by atoms with van der Waals surface area (Å²) in [6.07, 6.45) is 6.46. The molecular weight excluding hydrogens is 386 g/mol. The van der Waals surface area contributed by atoms with Gasteiger partial charge in [-0.2, -0.15) is 5.10 Å². The van der Waals surface area contributed by atoms with Crippen LogP contribution in [0.25, 0.3) is 0 Å². The highest BCUT2D eigenvalue weighted by atomic mass is 35.5. The number of hydrogen-bond donors (Lipinski definition) is 2. The zero-order valence-corrected chi connectivity index (χ0v) is 17.7. The molecule has 0 spiro atoms. The van der Waals surface area contributed by atoms with Gasteiger partial charge in [-0.1, -0.05) is 30.3 Å². The summed E-state index contributed by atoms with van der Waals surface area (Å²) >= 11 is 0. The third kappa shape index (κ3) is 6.04. The summed E-state index contributed by atoms with van der Waals surface area (Å²) in [7, 11) is 0. The Hall–Kier alpha value is -1.89. The molecule has 29 heavy (non-hydrogen) atoms. The lowest BCUT2D eigenvalue weighted by molar-refractivity contribution is 0.0941. The van der Waals surface area contributed by atoms with Gasteiger partial charge in [0.15, 0.2) is 0 Å². The molecule has 6 nitrogen and oxygen atoms in total. The second-order valence-corrected chi connectivity index (χ2v) is 8.08. The molecular formula is C22H32ClN5O. The van der Waals surface area contributed by atoms with Crippen molar-refractivity contribution in [2.45, 2.75) is 31.7 Å². The van der Waals surface area contributed by atoms with Gasteiger partial charge < -0.3 is 15.5 Å². The average molecular weight is 418 g/mol. The molecule has 3 heterocycles. The van der Waals surface area contributed by atoms with E-state index in [-0.39, 0.29) is 18.3 Å². The number of carbonyl (C=O) groups excluding carboxylic acids is 1. The molecule has 2 atom stereocenters. The lowest BCUT2D eigenvalue weighted by Crippen LogP contribution is -2.33. The number of rotatable bonds is 7. The van der Waals surface area contributed by atoms with Crippen molar-refractivity contribution in [3.63, 3.8) is 0 Å². The van der Waals surface area contributed by atoms with Crippen LogP contribution in [0.5, 0.6) is 0 Å². The topological polar surface area (TPSA) is 62.2 Å². The lowest BCUT2D eigenvalue weighted by Gasteiger charge is -2.22. The van der Waals surface area contributed by atoms with Gasteiger partial charge in [0.2, 0.25) is 0 Å². The maximum absolute atomic E-state index is 12.5. The predicted molar refractivity (Wildman–Crippen MR) is 118 cm³/mol. The van der Waals surface area contributed by atoms with Crippen molar-refractivity contribution in [1.82, 2.24) is 25.3 Å². The van der Waals surface area contributed by atoms with E-state index < -0.39 is 0 Å². The Labute approximate surface area is 179 Å². The number of hydrogen-bond acceptors (Lipinski definition) is 4. The SMILES string of the molecule is Cl.O=C(NCC1CCN(CCc2ccccc2)C1)c1ccn(C2CCCNC2)n1. The number of carbonyl (C=O) groups is 1. The van der Waals surface area contributed by atoms with Gasteiger partial charge in [0, 0.05) is 32.4 Å². The molecule has 2 N–H and O–H groups in total. The summed E-state index contributed by atoms with van der Waals surface area (Å²) in [5, 5.41) is 11.0. The number of amides is 1. The summed E-state index contributed by atoms with van der Waals surface area (Å²) in [4.78, 5) is 15.0. The van der Waals surface area contributed by atoms with Crippen molar-refractivity contribution >= 4 is 18.3 Å². The Morgan fingerprint density at radius 1 is 1.21 bits per heavy atom. The van der Waals surface area contributed by atoms with E-state index in [1.165, 1.54) is 5.56 Å². The van der Waals surface area contributed by atoms with Crippen LogP contribution < -0.4 is 10.6 Å². The smallest absolute Gasteiger partial charge is 0.271 e. The van der Waals surface area contributed by atoms with Crippen molar-refractivity contribution < 1.29 is 4.79 Å². The largest absolute Gasteiger partial charge is 0.350 e. The first-order valence-corrected chi connectivity index (χ1v) is 10.6. The van der Waals surface area contributed by atoms with E-state index in [2.05, 4.69) is 51.0 Å². The Kier molecular flexibility index (Phi) is 8.09. The summed E-state index contributed by atoms with van der Waals surface area (Å²) in [5.74, 6) is 0.481. The third-order valence-electron chi connectivity index (χ3n) is 5.97. The zero-order chi connectivity index (χ0) is 19.2. The second-order valence-electron chi connectivity index (χ2n) is 8.08. The Morgan fingerprint density at radius 3 is 2.86 bits per heavy atom. The molecule has 0 aliphatic carbocycles. The van der Waals surface area contributed by atoms with Crippen LogP contribution in [0.2, 0.25) is 0 Å². The number of halogens is 1. The fourth-order valence-electron chi connectivity index (χ4n) is 4.26. The van der Waals surface area contributed by atoms with Gasteiger partial charge in [-0.05, 0) is 56.3 Å². The van der Waals surface area contributed by atoms with Crippen molar-refractivity contribution in [3.05, 3.63) is 53.9 Å². The quantitative estimate of drug-likeness (QED) is 0.726. The van der Waals surface area contributed by atoms with Crippen LogP contribution in [0.15, 0.2) is 42.6 Å². The van der Waals surface area contributed by atoms with Gasteiger partial charge >= 0.3 is 0 Å². The van der Waals surface area contributed by atoms with Crippen LogP contribution in [-0.4, -0.2) is 59.9 Å². The Bertz CT molecular complexity index is 760. The first-order chi connectivity index (χ1) is 13.8. The van der Waals surface area contributed by atoms with Crippen LogP contribution in [0, 0.1) is 5.92 Å². The molecule has 1 aromatic carbocycles. The van der Waals surface area contributed by atoms with Gasteiger partial charge in [0.1, 0.15) is 5.69 Å². The van der Waals surface area contributed by atoms with Gasteiger partial charge in [-0.15, -0.1) is 12.4 Å². The molecule has 158 valence electrons. The van der Waals surface area contributed by atoms with Crippen LogP contribution >= 0.6 is 12.4 Å². The van der Waals surface area contributed by atoms with Crippen LogP contribution in [0.4, 0.5) is 0 Å². The lowest BCUT2D eigenvalue weighted by atomic mass is 10.1. The number of nitrogens with zero attached hydrogens (tertiary/aromatic N) is 3. The maximum Gasteiger partial charge on any atom is 0.271 e. The van der Waals surface area contributed by atoms with Crippen LogP contribution in [-0.2, 0) is 6.42 Å². The molecule has 1 aromatic heterocycles. The monoisotopic (exact) mass is 417 g/mol. The van der Waals surface area contributed by atoms with Crippen molar-refractivity contribution in [2.24, 2.45) is 5.92 Å². The molecule has 0 radical (unpaired) electrons. The highest BCUT2D eigenvalue weighted by molar-refractivity contribution is 5.92. The number of likely N-dealkylation sites (tertiary alicyclic amines) is 1. The van der Waals surface area contributed by atoms with Gasteiger partial charge in [0.05, 0.1) is 6.04 Å². The van der Waals surface area contributed by atoms with Crippen LogP contribution in [0.1, 0.15) is 41.4 Å². The molecule has 2 saturated heterocycles. The standard InChI is InChI=1S/C22H31N5O.ClH/c28-22(21-10-14-27(25-21)20-7-4-11-23-16-20)24-15-19-9-13-26(17-19)12-8-18-5-2-1-3-6-18;/h1-3,5-6,10,14,19-20,23H,4,7-9,11-13,15-17H2,(H,24,28);1H. The van der Waals surface area contributed by atoms with Crippen molar-refractivity contribution in [2.75, 3.05) is 39.3 Å². The second kappa shape index (κ2) is 10.8. The first-order valence-electron chi connectivity index (χ1n) is 10.6. The van der Waals surface area contributed by atoms with E-state index in [0.29, 0.717) is 17.7 Å². The highest BCUT2D eigenvalue weighted by Crippen LogP contribution is 2.17. The summed E-state index contributed by atoms with van der Waals surface area (Å²) < 4.78 is 1.95. The van der Waals surface area contributed by atoms with Crippen molar-refractivity contribution in [1.29, 1.82) is 0 Å². The molecule has 2 fully saturated rings. The molecule has 0 bridgehead atoms. The minimum absolute atomic E-state index is 0. The van der Waals surface area contributed by atoms with Gasteiger partial charge in [-0.3, -0.25) is 9.48 Å². The number of nitrogens with one attached hydrogen (secondary N) is 2. The highest BCUT2D eigenvalue weighted by Gasteiger charge is 2.23. The van der Waals surface area contributed by atoms with Gasteiger partial charge in [0.25, 0.3) is 5.91 Å². The minimum atomic E-state index is -0.0507. The predicted octanol–water partition coefficient (Wildman–Crippen LogP) is 2.52. The van der Waals surface area contributed by atoms with E-state index in [1.54, 1.807) is 0 Å². The molecule has 7 heteroatoms.